The normalized spacial score (nSPS) is 11.3. The summed E-state index contributed by atoms with van der Waals surface area (Å²) in [5, 5.41) is 3.98. The summed E-state index contributed by atoms with van der Waals surface area (Å²) in [5.41, 5.74) is 6.27. The third-order valence-electron chi connectivity index (χ3n) is 5.45. The topological polar surface area (TPSA) is 107 Å². The molecule has 0 bridgehead atoms. The SMILES string of the molecule is COc1ccc(C)cc1N(CC(=O)N/N=C\c1cc(Br)c(OCc2ccc(C)cc2)c(OC)c1)S(C)(=O)=O. The first-order valence-electron chi connectivity index (χ1n) is 11.5. The highest BCUT2D eigenvalue weighted by Gasteiger charge is 2.24. The second-order valence-electron chi connectivity index (χ2n) is 8.55. The van der Waals surface area contributed by atoms with Gasteiger partial charge in [0.15, 0.2) is 11.5 Å². The van der Waals surface area contributed by atoms with Crippen molar-refractivity contribution in [1.82, 2.24) is 5.43 Å². The number of hydrazone groups is 1. The average Bonchev–Trinajstić information content (AvgIpc) is 2.86. The lowest BCUT2D eigenvalue weighted by Gasteiger charge is -2.23. The summed E-state index contributed by atoms with van der Waals surface area (Å²) in [6.07, 6.45) is 2.45. The molecule has 0 aromatic heterocycles. The number of carbonyl (C=O) groups excluding carboxylic acids is 1. The van der Waals surface area contributed by atoms with Crippen LogP contribution >= 0.6 is 15.9 Å². The van der Waals surface area contributed by atoms with Gasteiger partial charge in [-0.25, -0.2) is 13.8 Å². The third-order valence-corrected chi connectivity index (χ3v) is 7.16. The van der Waals surface area contributed by atoms with Crippen LogP contribution in [0.3, 0.4) is 0 Å². The van der Waals surface area contributed by atoms with Crippen LogP contribution in [0.15, 0.2) is 64.2 Å². The van der Waals surface area contributed by atoms with E-state index in [2.05, 4.69) is 26.5 Å². The minimum absolute atomic E-state index is 0.268. The Bertz CT molecular complexity index is 1430. The van der Waals surface area contributed by atoms with E-state index < -0.39 is 22.5 Å². The molecule has 0 aliphatic heterocycles. The van der Waals surface area contributed by atoms with Gasteiger partial charge in [0.1, 0.15) is 18.9 Å². The summed E-state index contributed by atoms with van der Waals surface area (Å²) in [5.74, 6) is 0.720. The van der Waals surface area contributed by atoms with Crippen molar-refractivity contribution in [3.63, 3.8) is 0 Å². The van der Waals surface area contributed by atoms with Gasteiger partial charge in [-0.15, -0.1) is 0 Å². The molecule has 0 saturated heterocycles. The molecule has 0 heterocycles. The minimum atomic E-state index is -3.78. The zero-order valence-corrected chi connectivity index (χ0v) is 24.2. The van der Waals surface area contributed by atoms with Crippen molar-refractivity contribution in [1.29, 1.82) is 0 Å². The van der Waals surface area contributed by atoms with Crippen LogP contribution in [0.4, 0.5) is 5.69 Å². The molecule has 0 fully saturated rings. The molecule has 0 spiro atoms. The smallest absolute Gasteiger partial charge is 0.260 e. The Kier molecular flexibility index (Phi) is 9.76. The zero-order chi connectivity index (χ0) is 27.9. The Labute approximate surface area is 231 Å². The summed E-state index contributed by atoms with van der Waals surface area (Å²) >= 11 is 3.51. The highest BCUT2D eigenvalue weighted by atomic mass is 79.9. The number of anilines is 1. The van der Waals surface area contributed by atoms with Crippen LogP contribution in [-0.2, 0) is 21.4 Å². The number of rotatable bonds is 11. The largest absolute Gasteiger partial charge is 0.495 e. The molecule has 0 aliphatic carbocycles. The molecule has 9 nitrogen and oxygen atoms in total. The van der Waals surface area contributed by atoms with E-state index in [1.54, 1.807) is 30.3 Å². The van der Waals surface area contributed by atoms with Gasteiger partial charge in [-0.2, -0.15) is 5.10 Å². The molecule has 3 aromatic carbocycles. The van der Waals surface area contributed by atoms with E-state index in [9.17, 15) is 13.2 Å². The Morgan fingerprint density at radius 1 is 1.00 bits per heavy atom. The second kappa shape index (κ2) is 12.8. The fourth-order valence-electron chi connectivity index (χ4n) is 3.51. The molecule has 11 heteroatoms. The Hall–Kier alpha value is -3.57. The molecule has 0 saturated carbocycles. The van der Waals surface area contributed by atoms with Crippen molar-refractivity contribution in [3.8, 4) is 17.2 Å². The van der Waals surface area contributed by atoms with Crippen molar-refractivity contribution in [2.75, 3.05) is 31.3 Å². The van der Waals surface area contributed by atoms with E-state index in [-0.39, 0.29) is 5.69 Å². The summed E-state index contributed by atoms with van der Waals surface area (Å²) < 4.78 is 43.3. The lowest BCUT2D eigenvalue weighted by Crippen LogP contribution is -2.39. The van der Waals surface area contributed by atoms with Crippen LogP contribution in [0, 0.1) is 13.8 Å². The monoisotopic (exact) mass is 603 g/mol. The van der Waals surface area contributed by atoms with Crippen LogP contribution in [0.5, 0.6) is 17.2 Å². The molecular formula is C27H30BrN3O6S. The summed E-state index contributed by atoms with van der Waals surface area (Å²) in [6, 6.07) is 16.6. The lowest BCUT2D eigenvalue weighted by atomic mass is 10.2. The van der Waals surface area contributed by atoms with Gasteiger partial charge in [0.2, 0.25) is 10.0 Å². The molecule has 0 radical (unpaired) electrons. The van der Waals surface area contributed by atoms with E-state index in [4.69, 9.17) is 14.2 Å². The minimum Gasteiger partial charge on any atom is -0.495 e. The molecule has 202 valence electrons. The van der Waals surface area contributed by atoms with Crippen LogP contribution in [-0.4, -0.2) is 47.6 Å². The fourth-order valence-corrected chi connectivity index (χ4v) is 4.94. The quantitative estimate of drug-likeness (QED) is 0.254. The number of amides is 1. The molecule has 1 N–H and O–H groups in total. The van der Waals surface area contributed by atoms with Gasteiger partial charge in [0.05, 0.1) is 36.9 Å². The van der Waals surface area contributed by atoms with Crippen LogP contribution in [0.25, 0.3) is 0 Å². The molecule has 3 rings (SSSR count). The predicted molar refractivity (Wildman–Crippen MR) is 152 cm³/mol. The van der Waals surface area contributed by atoms with Crippen molar-refractivity contribution < 1.29 is 27.4 Å². The molecule has 0 unspecified atom stereocenters. The maximum atomic E-state index is 12.6. The first-order valence-corrected chi connectivity index (χ1v) is 14.2. The number of halogens is 1. The van der Waals surface area contributed by atoms with Crippen LogP contribution in [0.1, 0.15) is 22.3 Å². The van der Waals surface area contributed by atoms with Gasteiger partial charge in [-0.05, 0) is 70.7 Å². The number of methoxy groups -OCH3 is 2. The molecule has 0 atom stereocenters. The van der Waals surface area contributed by atoms with Gasteiger partial charge < -0.3 is 14.2 Å². The average molecular weight is 605 g/mol. The van der Waals surface area contributed by atoms with Crippen LogP contribution < -0.4 is 23.9 Å². The van der Waals surface area contributed by atoms with E-state index >= 15 is 0 Å². The van der Waals surface area contributed by atoms with Gasteiger partial charge in [0, 0.05) is 0 Å². The number of sulfonamides is 1. The number of hydrogen-bond donors (Lipinski definition) is 1. The maximum absolute atomic E-state index is 12.6. The van der Waals surface area contributed by atoms with Crippen molar-refractivity contribution in [2.45, 2.75) is 20.5 Å². The number of nitrogens with zero attached hydrogens (tertiary/aromatic N) is 2. The summed E-state index contributed by atoms with van der Waals surface area (Å²) in [7, 11) is -0.818. The standard InChI is InChI=1S/C27H30BrN3O6S/c1-18-6-9-20(10-7-18)17-37-27-22(28)13-21(14-25(27)36-4)15-29-30-26(32)16-31(38(5,33)34)23-12-19(2)8-11-24(23)35-3/h6-15H,16-17H2,1-5H3,(H,30,32)/b29-15-. The molecule has 0 aliphatic rings. The van der Waals surface area contributed by atoms with Crippen molar-refractivity contribution in [3.05, 3.63) is 81.3 Å². The van der Waals surface area contributed by atoms with Crippen molar-refractivity contribution >= 4 is 43.8 Å². The number of benzene rings is 3. The lowest BCUT2D eigenvalue weighted by molar-refractivity contribution is -0.119. The molecule has 1 amide bonds. The first kappa shape index (κ1) is 29.0. The third kappa shape index (κ3) is 7.72. The molecule has 3 aromatic rings. The Morgan fingerprint density at radius 2 is 1.66 bits per heavy atom. The van der Waals surface area contributed by atoms with Gasteiger partial charge >= 0.3 is 0 Å². The number of nitrogens with one attached hydrogen (secondary N) is 1. The Morgan fingerprint density at radius 3 is 2.29 bits per heavy atom. The number of aryl methyl sites for hydroxylation is 2. The van der Waals surface area contributed by atoms with Gasteiger partial charge in [-0.1, -0.05) is 35.9 Å². The first-order chi connectivity index (χ1) is 18.0. The van der Waals surface area contributed by atoms with Gasteiger partial charge in [0.25, 0.3) is 5.91 Å². The highest BCUT2D eigenvalue weighted by molar-refractivity contribution is 9.10. The van der Waals surface area contributed by atoms with E-state index in [1.165, 1.54) is 26.0 Å². The van der Waals surface area contributed by atoms with Crippen LogP contribution in [0.2, 0.25) is 0 Å². The predicted octanol–water partition coefficient (Wildman–Crippen LogP) is 4.58. The van der Waals surface area contributed by atoms with Crippen molar-refractivity contribution in [2.24, 2.45) is 5.10 Å². The zero-order valence-electron chi connectivity index (χ0n) is 21.8. The molecular weight excluding hydrogens is 574 g/mol. The maximum Gasteiger partial charge on any atom is 0.260 e. The molecule has 38 heavy (non-hydrogen) atoms. The Balaban J connectivity index is 1.71. The van der Waals surface area contributed by atoms with E-state index in [0.29, 0.717) is 33.9 Å². The summed E-state index contributed by atoms with van der Waals surface area (Å²) in [6.45, 7) is 3.73. The number of carbonyl (C=O) groups is 1. The van der Waals surface area contributed by atoms with E-state index in [0.717, 1.165) is 21.7 Å². The summed E-state index contributed by atoms with van der Waals surface area (Å²) in [4.78, 5) is 12.6. The number of hydrogen-bond acceptors (Lipinski definition) is 7. The second-order valence-corrected chi connectivity index (χ2v) is 11.3. The highest BCUT2D eigenvalue weighted by Crippen LogP contribution is 2.37. The fraction of sp³-hybridized carbons (Fsp3) is 0.259. The number of ether oxygens (including phenoxy) is 3. The van der Waals surface area contributed by atoms with Gasteiger partial charge in [-0.3, -0.25) is 9.10 Å². The van der Waals surface area contributed by atoms with E-state index in [1.807, 2.05) is 38.1 Å².